The lowest BCUT2D eigenvalue weighted by Gasteiger charge is -2.31. The zero-order valence-corrected chi connectivity index (χ0v) is 14.7. The number of fused-ring (bicyclic) bond motifs is 1. The molecule has 0 bridgehead atoms. The highest BCUT2D eigenvalue weighted by atomic mass is 16.6. The van der Waals surface area contributed by atoms with Gasteiger partial charge >= 0.3 is 6.09 Å². The molecule has 1 unspecified atom stereocenters. The van der Waals surface area contributed by atoms with Gasteiger partial charge in [0.2, 0.25) is 0 Å². The first-order valence-corrected chi connectivity index (χ1v) is 8.68. The number of rotatable bonds is 3. The molecule has 1 aliphatic carbocycles. The average Bonchev–Trinajstić information content (AvgIpc) is 3.29. The molecule has 1 N–H and O–H groups in total. The second kappa shape index (κ2) is 6.06. The molecule has 1 heterocycles. The van der Waals surface area contributed by atoms with Crippen LogP contribution < -0.4 is 5.32 Å². The molecule has 0 aromatic heterocycles. The number of anilines is 1. The van der Waals surface area contributed by atoms with E-state index < -0.39 is 5.60 Å². The van der Waals surface area contributed by atoms with Gasteiger partial charge in [-0.05, 0) is 76.1 Å². The van der Waals surface area contributed by atoms with Gasteiger partial charge in [0.15, 0.2) is 0 Å². The Labute approximate surface area is 139 Å². The third-order valence-corrected chi connectivity index (χ3v) is 4.59. The van der Waals surface area contributed by atoms with Crippen molar-refractivity contribution in [1.29, 1.82) is 0 Å². The van der Waals surface area contributed by atoms with Crippen LogP contribution in [-0.4, -0.2) is 29.2 Å². The maximum absolute atomic E-state index is 12.3. The van der Waals surface area contributed by atoms with Gasteiger partial charge in [-0.2, -0.15) is 0 Å². The Hall–Kier alpha value is -1.71. The van der Waals surface area contributed by atoms with Gasteiger partial charge in [0, 0.05) is 24.8 Å². The molecule has 1 aromatic carbocycles. The number of hydrogen-bond donors (Lipinski definition) is 1. The van der Waals surface area contributed by atoms with E-state index in [0.717, 1.165) is 24.6 Å². The number of nitrogens with zero attached hydrogens (tertiary/aromatic N) is 1. The fourth-order valence-corrected chi connectivity index (χ4v) is 3.11. The minimum atomic E-state index is -0.444. The number of amides is 1. The van der Waals surface area contributed by atoms with Crippen LogP contribution in [0.5, 0.6) is 0 Å². The first kappa shape index (κ1) is 16.2. The van der Waals surface area contributed by atoms with E-state index in [-0.39, 0.29) is 6.09 Å². The van der Waals surface area contributed by atoms with Crippen LogP contribution in [0.15, 0.2) is 18.2 Å². The number of benzene rings is 1. The van der Waals surface area contributed by atoms with Gasteiger partial charge in [0.1, 0.15) is 5.60 Å². The third-order valence-electron chi connectivity index (χ3n) is 4.59. The predicted molar refractivity (Wildman–Crippen MR) is 92.6 cm³/mol. The summed E-state index contributed by atoms with van der Waals surface area (Å²) >= 11 is 0. The van der Waals surface area contributed by atoms with Crippen molar-refractivity contribution in [2.75, 3.05) is 11.9 Å². The highest BCUT2D eigenvalue weighted by Crippen LogP contribution is 2.34. The van der Waals surface area contributed by atoms with Crippen LogP contribution in [0.2, 0.25) is 0 Å². The highest BCUT2D eigenvalue weighted by molar-refractivity contribution is 5.69. The van der Waals surface area contributed by atoms with E-state index >= 15 is 0 Å². The maximum atomic E-state index is 12.3. The van der Waals surface area contributed by atoms with Crippen molar-refractivity contribution in [3.05, 3.63) is 29.3 Å². The Morgan fingerprint density at radius 2 is 2.04 bits per heavy atom. The zero-order valence-electron chi connectivity index (χ0n) is 14.7. The van der Waals surface area contributed by atoms with Gasteiger partial charge in [0.25, 0.3) is 0 Å². The fraction of sp³-hybridized carbons (Fsp3) is 0.632. The van der Waals surface area contributed by atoms with E-state index in [1.807, 2.05) is 25.7 Å². The van der Waals surface area contributed by atoms with E-state index in [1.54, 1.807) is 0 Å². The quantitative estimate of drug-likeness (QED) is 0.909. The van der Waals surface area contributed by atoms with Crippen LogP contribution in [0.1, 0.15) is 51.7 Å². The average molecular weight is 316 g/mol. The Morgan fingerprint density at radius 3 is 2.70 bits per heavy atom. The van der Waals surface area contributed by atoms with E-state index in [9.17, 15) is 4.79 Å². The molecule has 1 fully saturated rings. The predicted octanol–water partition coefficient (Wildman–Crippen LogP) is 4.19. The first-order chi connectivity index (χ1) is 10.8. The monoisotopic (exact) mass is 316 g/mol. The molecule has 1 aromatic rings. The van der Waals surface area contributed by atoms with Crippen LogP contribution >= 0.6 is 0 Å². The molecule has 4 heteroatoms. The van der Waals surface area contributed by atoms with Gasteiger partial charge < -0.3 is 15.0 Å². The number of carbonyl (C=O) groups is 1. The third kappa shape index (κ3) is 4.18. The second-order valence-corrected chi connectivity index (χ2v) is 7.91. The summed E-state index contributed by atoms with van der Waals surface area (Å²) in [6.07, 6.45) is 3.36. The van der Waals surface area contributed by atoms with Gasteiger partial charge in [-0.25, -0.2) is 4.79 Å². The van der Waals surface area contributed by atoms with Crippen LogP contribution in [0.25, 0.3) is 0 Å². The van der Waals surface area contributed by atoms with E-state index in [1.165, 1.54) is 24.0 Å². The van der Waals surface area contributed by atoms with E-state index in [2.05, 4.69) is 30.4 Å². The summed E-state index contributed by atoms with van der Waals surface area (Å²) in [5, 5.41) is 3.60. The minimum Gasteiger partial charge on any atom is -0.444 e. The zero-order chi connectivity index (χ0) is 16.6. The fourth-order valence-electron chi connectivity index (χ4n) is 3.11. The van der Waals surface area contributed by atoms with Gasteiger partial charge in [-0.15, -0.1) is 0 Å². The van der Waals surface area contributed by atoms with Crippen LogP contribution in [0.4, 0.5) is 10.5 Å². The first-order valence-electron chi connectivity index (χ1n) is 8.68. The largest absolute Gasteiger partial charge is 0.444 e. The molecule has 126 valence electrons. The molecule has 1 aliphatic heterocycles. The lowest BCUT2D eigenvalue weighted by Crippen LogP contribution is -2.39. The standard InChI is InChI=1S/C19H28N2O2/c1-13(14-5-6-14)20-17-8-7-15-9-10-21(12-16(15)11-17)18(22)23-19(2,3)4/h7-8,11,13-14,20H,5-6,9-10,12H2,1-4H3. The van der Waals surface area contributed by atoms with Crippen LogP contribution in [0, 0.1) is 5.92 Å². The van der Waals surface area contributed by atoms with Crippen molar-refractivity contribution in [3.8, 4) is 0 Å². The molecule has 4 nitrogen and oxygen atoms in total. The van der Waals surface area contributed by atoms with Gasteiger partial charge in [0.05, 0.1) is 0 Å². The van der Waals surface area contributed by atoms with Crippen LogP contribution in [0.3, 0.4) is 0 Å². The Balaban J connectivity index is 1.67. The highest BCUT2D eigenvalue weighted by Gasteiger charge is 2.28. The summed E-state index contributed by atoms with van der Waals surface area (Å²) in [6, 6.07) is 7.09. The van der Waals surface area contributed by atoms with Crippen LogP contribution in [-0.2, 0) is 17.7 Å². The molecular weight excluding hydrogens is 288 g/mol. The maximum Gasteiger partial charge on any atom is 0.410 e. The van der Waals surface area contributed by atoms with Gasteiger partial charge in [-0.1, -0.05) is 6.07 Å². The van der Waals surface area contributed by atoms with Crippen molar-refractivity contribution in [2.45, 2.75) is 65.1 Å². The molecule has 0 radical (unpaired) electrons. The summed E-state index contributed by atoms with van der Waals surface area (Å²) in [5.74, 6) is 0.823. The summed E-state index contributed by atoms with van der Waals surface area (Å²) in [5.41, 5.74) is 3.29. The van der Waals surface area contributed by atoms with Crippen molar-refractivity contribution < 1.29 is 9.53 Å². The molecule has 1 saturated carbocycles. The summed E-state index contributed by atoms with van der Waals surface area (Å²) in [7, 11) is 0. The lowest BCUT2D eigenvalue weighted by atomic mass is 9.99. The van der Waals surface area contributed by atoms with Gasteiger partial charge in [-0.3, -0.25) is 0 Å². The number of hydrogen-bond acceptors (Lipinski definition) is 3. The Bertz CT molecular complexity index is 588. The topological polar surface area (TPSA) is 41.6 Å². The van der Waals surface area contributed by atoms with E-state index in [4.69, 9.17) is 4.74 Å². The smallest absolute Gasteiger partial charge is 0.410 e. The second-order valence-electron chi connectivity index (χ2n) is 7.91. The molecule has 0 spiro atoms. The molecule has 2 aliphatic rings. The number of carbonyl (C=O) groups excluding carboxylic acids is 1. The van der Waals surface area contributed by atoms with Crippen molar-refractivity contribution in [3.63, 3.8) is 0 Å². The Kier molecular flexibility index (Phi) is 4.26. The molecule has 3 rings (SSSR count). The molecule has 1 amide bonds. The summed E-state index contributed by atoms with van der Waals surface area (Å²) in [6.45, 7) is 9.34. The van der Waals surface area contributed by atoms with Crippen molar-refractivity contribution in [1.82, 2.24) is 4.90 Å². The van der Waals surface area contributed by atoms with E-state index in [0.29, 0.717) is 12.6 Å². The number of nitrogens with one attached hydrogen (secondary N) is 1. The molecule has 0 saturated heterocycles. The minimum absolute atomic E-state index is 0.215. The summed E-state index contributed by atoms with van der Waals surface area (Å²) < 4.78 is 5.50. The molecule has 23 heavy (non-hydrogen) atoms. The van der Waals surface area contributed by atoms with Crippen molar-refractivity contribution in [2.24, 2.45) is 5.92 Å². The normalized spacial score (nSPS) is 19.0. The molecular formula is C19H28N2O2. The SMILES string of the molecule is CC(Nc1ccc2c(c1)CN(C(=O)OC(C)(C)C)CC2)C1CC1. The molecule has 1 atom stereocenters. The van der Waals surface area contributed by atoms with Crippen molar-refractivity contribution >= 4 is 11.8 Å². The lowest BCUT2D eigenvalue weighted by molar-refractivity contribution is 0.0224. The summed E-state index contributed by atoms with van der Waals surface area (Å²) in [4.78, 5) is 14.1. The number of ether oxygens (including phenoxy) is 1. The Morgan fingerprint density at radius 1 is 1.30 bits per heavy atom.